The number of hydrogen-bond acceptors (Lipinski definition) is 10. The van der Waals surface area contributed by atoms with Crippen molar-refractivity contribution in [1.29, 1.82) is 0 Å². The number of ether oxygens (including phenoxy) is 2. The second kappa shape index (κ2) is 19.8. The molecule has 4 aromatic carbocycles. The Morgan fingerprint density at radius 2 is 0.907 bits per heavy atom. The van der Waals surface area contributed by atoms with Gasteiger partial charge < -0.3 is 40.9 Å². The predicted molar refractivity (Wildman–Crippen MR) is 162 cm³/mol. The topological polar surface area (TPSA) is 214 Å². The summed E-state index contributed by atoms with van der Waals surface area (Å²) in [5, 5.41) is 49.8. The Labute approximate surface area is 258 Å². The summed E-state index contributed by atoms with van der Waals surface area (Å²) in [6, 6.07) is 27.7. The third kappa shape index (κ3) is 12.1. The van der Waals surface area contributed by atoms with Crippen molar-refractivity contribution in [1.82, 2.24) is 0 Å². The van der Waals surface area contributed by atoms with Gasteiger partial charge in [-0.25, -0.2) is 0 Å². The molecule has 0 spiro atoms. The van der Waals surface area contributed by atoms with Gasteiger partial charge in [-0.1, -0.05) is 34.5 Å². The van der Waals surface area contributed by atoms with E-state index in [0.29, 0.717) is 11.1 Å². The second-order valence-corrected chi connectivity index (χ2v) is 7.97. The molecule has 4 aromatic rings. The summed E-state index contributed by atoms with van der Waals surface area (Å²) >= 11 is 0. The minimum absolute atomic E-state index is 0. The zero-order valence-electron chi connectivity index (χ0n) is 23.2. The molecule has 0 aliphatic rings. The standard InChI is InChI=1S/2C15H14N2O3.Mn.2H2O/c2*1-20-12-8-6-11(7-9-12)10-16-17-15(19)13-4-2-3-5-14(13)18;;;/h2*2-10,18H,1H3,(H,17,19);;2*1H2/q;;+2;;. The number of rotatable bonds is 8. The van der Waals surface area contributed by atoms with Crippen LogP contribution >= 0.6 is 0 Å². The molecule has 0 atom stereocenters. The number of phenolic OH excluding ortho intramolecular Hbond substituents is 2. The minimum Gasteiger partial charge on any atom is -0.870 e. The van der Waals surface area contributed by atoms with E-state index < -0.39 is 0 Å². The fraction of sp³-hybridized carbons (Fsp3) is 0.0667. The molecule has 0 saturated heterocycles. The summed E-state index contributed by atoms with van der Waals surface area (Å²) in [6.07, 6.45) is 3.07. The van der Waals surface area contributed by atoms with Gasteiger partial charge in [0.15, 0.2) is 0 Å². The number of benzene rings is 4. The van der Waals surface area contributed by atoms with Crippen molar-refractivity contribution in [2.45, 2.75) is 0 Å². The third-order valence-corrected chi connectivity index (χ3v) is 5.28. The second-order valence-electron chi connectivity index (χ2n) is 7.97. The number of para-hydroxylation sites is 2. The fourth-order valence-electron chi connectivity index (χ4n) is 3.14. The van der Waals surface area contributed by atoms with Crippen LogP contribution in [0, 0.1) is 0 Å². The van der Waals surface area contributed by atoms with Crippen LogP contribution in [0.3, 0.4) is 0 Å². The van der Waals surface area contributed by atoms with Crippen LogP contribution in [-0.2, 0) is 17.1 Å². The van der Waals surface area contributed by atoms with Crippen molar-refractivity contribution in [3.8, 4) is 23.0 Å². The van der Waals surface area contributed by atoms with Crippen molar-refractivity contribution < 1.29 is 57.9 Å². The first-order valence-electron chi connectivity index (χ1n) is 11.9. The first kappa shape index (κ1) is 37.8. The van der Waals surface area contributed by atoms with Crippen molar-refractivity contribution in [2.24, 2.45) is 20.4 Å². The largest absolute Gasteiger partial charge is 2.00 e. The van der Waals surface area contributed by atoms with Gasteiger partial charge in [0, 0.05) is 0 Å². The zero-order chi connectivity index (χ0) is 28.7. The quantitative estimate of drug-likeness (QED) is 0.0976. The van der Waals surface area contributed by atoms with Crippen LogP contribution in [0.1, 0.15) is 22.3 Å². The predicted octanol–water partition coefficient (Wildman–Crippen LogP) is 3.46. The van der Waals surface area contributed by atoms with Crippen LogP contribution in [0.4, 0.5) is 0 Å². The maximum atomic E-state index is 9.59. The average Bonchev–Trinajstić information content (AvgIpc) is 2.98. The van der Waals surface area contributed by atoms with Gasteiger partial charge in [-0.15, -0.1) is 0 Å². The molecule has 0 unspecified atom stereocenters. The molecular weight excluding hydrogens is 599 g/mol. The molecule has 0 bridgehead atoms. The number of phenols is 2. The molecule has 0 aromatic heterocycles. The summed E-state index contributed by atoms with van der Waals surface area (Å²) in [5.41, 5.74) is 2.39. The number of aromatic hydroxyl groups is 2. The van der Waals surface area contributed by atoms with E-state index in [1.54, 1.807) is 50.6 Å². The van der Waals surface area contributed by atoms with Crippen LogP contribution < -0.4 is 9.47 Å². The van der Waals surface area contributed by atoms with Crippen molar-refractivity contribution >= 4 is 24.2 Å². The summed E-state index contributed by atoms with van der Waals surface area (Å²) in [4.78, 5) is 0. The van der Waals surface area contributed by atoms with E-state index in [9.17, 15) is 10.2 Å². The molecule has 12 nitrogen and oxygen atoms in total. The Morgan fingerprint density at radius 1 is 0.581 bits per heavy atom. The van der Waals surface area contributed by atoms with E-state index in [-0.39, 0.29) is 51.3 Å². The number of methoxy groups -OCH3 is 2. The molecule has 0 aliphatic heterocycles. The molecule has 4 rings (SSSR count). The number of nitrogens with zero attached hydrogens (tertiary/aromatic N) is 4. The summed E-state index contributed by atoms with van der Waals surface area (Å²) in [6.45, 7) is 0. The zero-order valence-corrected chi connectivity index (χ0v) is 24.3. The Balaban J connectivity index is 0.000000767. The van der Waals surface area contributed by atoms with Gasteiger partial charge in [0.05, 0.1) is 26.6 Å². The van der Waals surface area contributed by atoms with Gasteiger partial charge in [-0.05, 0) is 83.9 Å². The van der Waals surface area contributed by atoms with Gasteiger partial charge in [-0.3, -0.25) is 0 Å². The van der Waals surface area contributed by atoms with E-state index in [1.807, 2.05) is 48.5 Å². The summed E-state index contributed by atoms with van der Waals surface area (Å²) < 4.78 is 10.1. The van der Waals surface area contributed by atoms with Crippen LogP contribution in [0.25, 0.3) is 0 Å². The maximum Gasteiger partial charge on any atom is 2.00 e. The average molecular weight is 632 g/mol. The van der Waals surface area contributed by atoms with Crippen LogP contribution in [0.15, 0.2) is 117 Å². The molecule has 43 heavy (non-hydrogen) atoms. The van der Waals surface area contributed by atoms with E-state index in [0.717, 1.165) is 22.6 Å². The first-order chi connectivity index (χ1) is 19.4. The molecule has 1 radical (unpaired) electrons. The fourth-order valence-corrected chi connectivity index (χ4v) is 3.14. The Bertz CT molecular complexity index is 1390. The van der Waals surface area contributed by atoms with Crippen molar-refractivity contribution in [3.05, 3.63) is 119 Å². The molecule has 8 N–H and O–H groups in total. The minimum atomic E-state index is -0.0899. The van der Waals surface area contributed by atoms with Gasteiger partial charge in [0.25, 0.3) is 0 Å². The van der Waals surface area contributed by atoms with E-state index >= 15 is 0 Å². The third-order valence-electron chi connectivity index (χ3n) is 5.28. The maximum absolute atomic E-state index is 9.59. The molecule has 225 valence electrons. The monoisotopic (exact) mass is 631 g/mol. The van der Waals surface area contributed by atoms with Crippen molar-refractivity contribution in [2.75, 3.05) is 14.2 Å². The van der Waals surface area contributed by atoms with Gasteiger partial charge in [0.2, 0.25) is 0 Å². The Hall–Kier alpha value is -5.20. The molecular formula is C30H32MnN4O8+2. The summed E-state index contributed by atoms with van der Waals surface area (Å²) in [5.74, 6) is 1.38. The molecule has 0 saturated carbocycles. The van der Waals surface area contributed by atoms with Gasteiger partial charge in [-0.2, -0.15) is 10.2 Å². The van der Waals surface area contributed by atoms with Crippen LogP contribution in [0.5, 0.6) is 23.0 Å². The van der Waals surface area contributed by atoms with Gasteiger partial charge >= 0.3 is 28.9 Å². The molecule has 0 aliphatic carbocycles. The summed E-state index contributed by atoms with van der Waals surface area (Å²) in [7, 11) is 3.21. The number of hydrogen-bond donors (Lipinski definition) is 2. The normalized spacial score (nSPS) is 10.9. The molecule has 0 heterocycles. The van der Waals surface area contributed by atoms with E-state index in [2.05, 4.69) is 20.4 Å². The van der Waals surface area contributed by atoms with E-state index in [4.69, 9.17) is 19.7 Å². The van der Waals surface area contributed by atoms with Crippen LogP contribution in [0.2, 0.25) is 0 Å². The van der Waals surface area contributed by atoms with Crippen molar-refractivity contribution in [3.63, 3.8) is 0 Å². The van der Waals surface area contributed by atoms with E-state index in [1.165, 1.54) is 24.6 Å². The Morgan fingerprint density at radius 3 is 1.21 bits per heavy atom. The van der Waals surface area contributed by atoms with Gasteiger partial charge in [0.1, 0.15) is 34.1 Å². The molecule has 0 fully saturated rings. The SMILES string of the molecule is COc1ccc(C=N/N=C(\[OH2+])c2ccccc2O)cc1.COc1ccc(C=N/N=C(\[OH2+])c2ccccc2O)cc1.[Mn+2].[OH-].[OH-]. The smallest absolute Gasteiger partial charge is 0.870 e. The molecule has 13 heteroatoms. The Kier molecular flexibility index (Phi) is 17.4. The molecule has 0 amide bonds. The van der Waals surface area contributed by atoms with Crippen LogP contribution in [-0.4, -0.2) is 69.8 Å². The first-order valence-corrected chi connectivity index (χ1v) is 11.9.